The monoisotopic (exact) mass is 280 g/mol. The molecule has 4 rings (SSSR count). The van der Waals surface area contributed by atoms with Crippen molar-refractivity contribution in [3.63, 3.8) is 0 Å². The highest BCUT2D eigenvalue weighted by Crippen LogP contribution is 2.36. The van der Waals surface area contributed by atoms with Gasteiger partial charge in [-0.25, -0.2) is 9.97 Å². The van der Waals surface area contributed by atoms with Gasteiger partial charge in [-0.3, -0.25) is 9.67 Å². The van der Waals surface area contributed by atoms with E-state index < -0.39 is 0 Å². The Kier molecular flexibility index (Phi) is 2.80. The van der Waals surface area contributed by atoms with Crippen LogP contribution >= 0.6 is 0 Å². The van der Waals surface area contributed by atoms with Crippen molar-refractivity contribution >= 4 is 16.9 Å². The van der Waals surface area contributed by atoms with Gasteiger partial charge in [-0.2, -0.15) is 5.10 Å². The third kappa shape index (κ3) is 1.94. The first-order valence-electron chi connectivity index (χ1n) is 7.15. The van der Waals surface area contributed by atoms with Gasteiger partial charge in [-0.1, -0.05) is 6.07 Å². The van der Waals surface area contributed by atoms with E-state index in [1.807, 2.05) is 31.6 Å². The maximum absolute atomic E-state index is 4.52. The zero-order chi connectivity index (χ0) is 14.2. The molecule has 21 heavy (non-hydrogen) atoms. The fraction of sp³-hybridized carbons (Fsp3) is 0.333. The second-order valence-electron chi connectivity index (χ2n) is 5.31. The predicted octanol–water partition coefficient (Wildman–Crippen LogP) is 2.10. The van der Waals surface area contributed by atoms with Crippen LogP contribution in [0.2, 0.25) is 0 Å². The van der Waals surface area contributed by atoms with Gasteiger partial charge in [0.1, 0.15) is 12.1 Å². The number of pyridine rings is 1. The number of aryl methyl sites for hydroxylation is 1. The molecule has 106 valence electrons. The van der Waals surface area contributed by atoms with Crippen LogP contribution in [0.4, 0.5) is 5.82 Å². The molecule has 1 saturated heterocycles. The molecule has 0 radical (unpaired) electrons. The number of rotatable bonds is 2. The van der Waals surface area contributed by atoms with Crippen molar-refractivity contribution in [1.29, 1.82) is 0 Å². The summed E-state index contributed by atoms with van der Waals surface area (Å²) in [6, 6.07) is 6.36. The Balaban J connectivity index is 1.80. The topological polar surface area (TPSA) is 59.7 Å². The molecule has 0 bridgehead atoms. The van der Waals surface area contributed by atoms with E-state index in [1.54, 1.807) is 11.0 Å². The van der Waals surface area contributed by atoms with Gasteiger partial charge in [0.2, 0.25) is 0 Å². The highest BCUT2D eigenvalue weighted by molar-refractivity contribution is 5.86. The van der Waals surface area contributed by atoms with Gasteiger partial charge in [0.05, 0.1) is 23.3 Å². The summed E-state index contributed by atoms with van der Waals surface area (Å²) in [7, 11) is 1.90. The van der Waals surface area contributed by atoms with E-state index in [-0.39, 0.29) is 6.04 Å². The Labute approximate surface area is 122 Å². The molecule has 0 aromatic carbocycles. The molecular formula is C15H16N6. The standard InChI is InChI=1S/C15H16N6/c1-20-14-11(9-19-20)15(18-10-17-14)21-8-4-6-13(21)12-5-2-3-7-16-12/h2-3,5,7,9-10,13H,4,6,8H2,1H3/t13-/m1/s1. The Hall–Kier alpha value is -2.50. The van der Waals surface area contributed by atoms with Gasteiger partial charge in [0.15, 0.2) is 5.65 Å². The number of aromatic nitrogens is 5. The summed E-state index contributed by atoms with van der Waals surface area (Å²) in [5.74, 6) is 0.959. The summed E-state index contributed by atoms with van der Waals surface area (Å²) >= 11 is 0. The highest BCUT2D eigenvalue weighted by Gasteiger charge is 2.29. The summed E-state index contributed by atoms with van der Waals surface area (Å²) in [6.45, 7) is 0.988. The SMILES string of the molecule is Cn1ncc2c(N3CCC[C@@H]3c3ccccn3)ncnc21. The second kappa shape index (κ2) is 4.80. The van der Waals surface area contributed by atoms with Crippen LogP contribution in [0, 0.1) is 0 Å². The number of anilines is 1. The molecule has 3 aromatic rings. The second-order valence-corrected chi connectivity index (χ2v) is 5.31. The minimum absolute atomic E-state index is 0.282. The van der Waals surface area contributed by atoms with Gasteiger partial charge < -0.3 is 4.90 Å². The molecular weight excluding hydrogens is 264 g/mol. The molecule has 6 nitrogen and oxygen atoms in total. The zero-order valence-corrected chi connectivity index (χ0v) is 11.8. The maximum Gasteiger partial charge on any atom is 0.163 e. The Morgan fingerprint density at radius 3 is 3.00 bits per heavy atom. The lowest BCUT2D eigenvalue weighted by Gasteiger charge is -2.25. The van der Waals surface area contributed by atoms with Crippen LogP contribution in [0.3, 0.4) is 0 Å². The molecule has 1 atom stereocenters. The maximum atomic E-state index is 4.52. The van der Waals surface area contributed by atoms with E-state index in [1.165, 1.54) is 0 Å². The Bertz CT molecular complexity index is 766. The minimum Gasteiger partial charge on any atom is -0.347 e. The van der Waals surface area contributed by atoms with Crippen molar-refractivity contribution in [2.45, 2.75) is 18.9 Å². The van der Waals surface area contributed by atoms with Crippen molar-refractivity contribution in [2.75, 3.05) is 11.4 Å². The third-order valence-electron chi connectivity index (χ3n) is 4.06. The molecule has 1 aliphatic heterocycles. The van der Waals surface area contributed by atoms with E-state index in [2.05, 4.69) is 31.0 Å². The van der Waals surface area contributed by atoms with Crippen LogP contribution in [-0.2, 0) is 7.05 Å². The summed E-state index contributed by atoms with van der Waals surface area (Å²) in [6.07, 6.45) is 7.56. The minimum atomic E-state index is 0.282. The molecule has 0 aliphatic carbocycles. The van der Waals surface area contributed by atoms with Gasteiger partial charge in [0, 0.05) is 19.8 Å². The molecule has 4 heterocycles. The van der Waals surface area contributed by atoms with Crippen molar-refractivity contribution < 1.29 is 0 Å². The van der Waals surface area contributed by atoms with Crippen LogP contribution in [0.1, 0.15) is 24.6 Å². The number of nitrogens with zero attached hydrogens (tertiary/aromatic N) is 6. The third-order valence-corrected chi connectivity index (χ3v) is 4.06. The van der Waals surface area contributed by atoms with E-state index in [9.17, 15) is 0 Å². The first kappa shape index (κ1) is 12.3. The lowest BCUT2D eigenvalue weighted by atomic mass is 10.1. The van der Waals surface area contributed by atoms with E-state index in [0.717, 1.165) is 41.9 Å². The largest absolute Gasteiger partial charge is 0.347 e. The average molecular weight is 280 g/mol. The molecule has 1 fully saturated rings. The van der Waals surface area contributed by atoms with Crippen molar-refractivity contribution in [3.05, 3.63) is 42.6 Å². The lowest BCUT2D eigenvalue weighted by Crippen LogP contribution is -2.24. The van der Waals surface area contributed by atoms with E-state index in [4.69, 9.17) is 0 Å². The fourth-order valence-electron chi connectivity index (χ4n) is 3.08. The van der Waals surface area contributed by atoms with Crippen molar-refractivity contribution in [3.8, 4) is 0 Å². The average Bonchev–Trinajstić information content (AvgIpc) is 3.15. The van der Waals surface area contributed by atoms with Gasteiger partial charge >= 0.3 is 0 Å². The molecule has 1 aliphatic rings. The number of fused-ring (bicyclic) bond motifs is 1. The summed E-state index contributed by atoms with van der Waals surface area (Å²) in [4.78, 5) is 15.7. The van der Waals surface area contributed by atoms with Crippen LogP contribution in [0.25, 0.3) is 11.0 Å². The quantitative estimate of drug-likeness (QED) is 0.719. The number of hydrogen-bond acceptors (Lipinski definition) is 5. The lowest BCUT2D eigenvalue weighted by molar-refractivity contribution is 0.689. The van der Waals surface area contributed by atoms with E-state index in [0.29, 0.717) is 0 Å². The molecule has 6 heteroatoms. The molecule has 0 N–H and O–H groups in total. The normalized spacial score (nSPS) is 18.5. The molecule has 0 saturated carbocycles. The van der Waals surface area contributed by atoms with Gasteiger partial charge in [0.25, 0.3) is 0 Å². The van der Waals surface area contributed by atoms with Crippen molar-refractivity contribution in [2.24, 2.45) is 7.05 Å². The van der Waals surface area contributed by atoms with Gasteiger partial charge in [-0.15, -0.1) is 0 Å². The molecule has 3 aromatic heterocycles. The zero-order valence-electron chi connectivity index (χ0n) is 11.8. The highest BCUT2D eigenvalue weighted by atomic mass is 15.3. The van der Waals surface area contributed by atoms with Crippen LogP contribution in [0.5, 0.6) is 0 Å². The number of hydrogen-bond donors (Lipinski definition) is 0. The van der Waals surface area contributed by atoms with E-state index >= 15 is 0 Å². The smallest absolute Gasteiger partial charge is 0.163 e. The van der Waals surface area contributed by atoms with Crippen LogP contribution in [0.15, 0.2) is 36.9 Å². The molecule has 0 unspecified atom stereocenters. The van der Waals surface area contributed by atoms with Crippen LogP contribution < -0.4 is 4.90 Å². The van der Waals surface area contributed by atoms with Gasteiger partial charge in [-0.05, 0) is 25.0 Å². The predicted molar refractivity (Wildman–Crippen MR) is 79.9 cm³/mol. The van der Waals surface area contributed by atoms with Crippen molar-refractivity contribution in [1.82, 2.24) is 24.7 Å². The Morgan fingerprint density at radius 2 is 2.14 bits per heavy atom. The summed E-state index contributed by atoms with van der Waals surface area (Å²) in [5.41, 5.74) is 1.97. The summed E-state index contributed by atoms with van der Waals surface area (Å²) in [5, 5.41) is 5.30. The summed E-state index contributed by atoms with van der Waals surface area (Å²) < 4.78 is 1.78. The molecule has 0 amide bonds. The first-order valence-corrected chi connectivity index (χ1v) is 7.15. The molecule has 0 spiro atoms. The fourth-order valence-corrected chi connectivity index (χ4v) is 3.08. The first-order chi connectivity index (χ1) is 10.3. The Morgan fingerprint density at radius 1 is 1.19 bits per heavy atom. The van der Waals surface area contributed by atoms with Crippen LogP contribution in [-0.4, -0.2) is 31.3 Å².